The Labute approximate surface area is 233 Å². The molecule has 0 saturated carbocycles. The molecule has 3 aromatic heterocycles. The van der Waals surface area contributed by atoms with Crippen molar-refractivity contribution in [3.05, 3.63) is 83.2 Å². The summed E-state index contributed by atoms with van der Waals surface area (Å²) >= 11 is 0. The van der Waals surface area contributed by atoms with Crippen molar-refractivity contribution in [3.63, 3.8) is 0 Å². The Balaban J connectivity index is 1.09. The minimum atomic E-state index is -0.156. The van der Waals surface area contributed by atoms with Gasteiger partial charge < -0.3 is 10.2 Å². The molecule has 4 heterocycles. The standard InChI is InChI=1S/C32H33N7O/c1-38-14-16-39(17-15-38)20-21-6-8-22(9-7-21)32(40)36-29-13-10-23(18-33-29)31-25-5-3-2-4-24(25)30-26-19-34-37-27(26)11-12-28(30)35-31/h6-13,18-19H,2-5,14-17,20H2,1H3,(H,34,37)(H,33,36,40). The van der Waals surface area contributed by atoms with Crippen LogP contribution in [0.2, 0.25) is 0 Å². The van der Waals surface area contributed by atoms with Gasteiger partial charge in [0.15, 0.2) is 0 Å². The van der Waals surface area contributed by atoms with Crippen molar-refractivity contribution in [3.8, 4) is 11.3 Å². The molecule has 0 bridgehead atoms. The fourth-order valence-corrected chi connectivity index (χ4v) is 6.11. The molecular weight excluding hydrogens is 498 g/mol. The minimum absolute atomic E-state index is 0.156. The molecule has 40 heavy (non-hydrogen) atoms. The van der Waals surface area contributed by atoms with E-state index >= 15 is 0 Å². The lowest BCUT2D eigenvalue weighted by Gasteiger charge is -2.32. The monoisotopic (exact) mass is 531 g/mol. The van der Waals surface area contributed by atoms with Crippen molar-refractivity contribution < 1.29 is 4.79 Å². The predicted octanol–water partition coefficient (Wildman–Crippen LogP) is 5.05. The molecule has 8 nitrogen and oxygen atoms in total. The number of piperazine rings is 1. The highest BCUT2D eigenvalue weighted by atomic mass is 16.1. The molecule has 1 fully saturated rings. The number of fused-ring (bicyclic) bond motifs is 5. The first-order valence-corrected chi connectivity index (χ1v) is 14.2. The van der Waals surface area contributed by atoms with Gasteiger partial charge in [0.2, 0.25) is 0 Å². The largest absolute Gasteiger partial charge is 0.307 e. The van der Waals surface area contributed by atoms with Crippen LogP contribution in [0.1, 0.15) is 39.9 Å². The van der Waals surface area contributed by atoms with Gasteiger partial charge in [0, 0.05) is 60.8 Å². The molecule has 0 unspecified atom stereocenters. The van der Waals surface area contributed by atoms with Crippen molar-refractivity contribution in [2.45, 2.75) is 32.2 Å². The van der Waals surface area contributed by atoms with E-state index in [0.717, 1.165) is 79.7 Å². The molecule has 202 valence electrons. The lowest BCUT2D eigenvalue weighted by atomic mass is 9.86. The molecule has 7 rings (SSSR count). The summed E-state index contributed by atoms with van der Waals surface area (Å²) in [6.45, 7) is 5.26. The number of hydrogen-bond donors (Lipinski definition) is 2. The second-order valence-corrected chi connectivity index (χ2v) is 11.1. The molecule has 5 aromatic rings. The topological polar surface area (TPSA) is 90.0 Å². The van der Waals surface area contributed by atoms with Crippen LogP contribution in [0.15, 0.2) is 60.9 Å². The number of pyridine rings is 2. The van der Waals surface area contributed by atoms with Crippen molar-refractivity contribution in [1.29, 1.82) is 0 Å². The number of amides is 1. The van der Waals surface area contributed by atoms with E-state index < -0.39 is 0 Å². The normalized spacial score (nSPS) is 16.3. The van der Waals surface area contributed by atoms with Crippen LogP contribution in [-0.2, 0) is 19.4 Å². The van der Waals surface area contributed by atoms with Crippen LogP contribution in [0.5, 0.6) is 0 Å². The summed E-state index contributed by atoms with van der Waals surface area (Å²) in [7, 11) is 2.17. The number of hydrogen-bond acceptors (Lipinski definition) is 6. The Morgan fingerprint density at radius 1 is 0.925 bits per heavy atom. The summed E-state index contributed by atoms with van der Waals surface area (Å²) in [5.41, 5.74) is 8.53. The maximum atomic E-state index is 12.9. The first kappa shape index (κ1) is 24.9. The Morgan fingerprint density at radius 2 is 1.73 bits per heavy atom. The Bertz CT molecular complexity index is 1680. The highest BCUT2D eigenvalue weighted by Crippen LogP contribution is 2.37. The van der Waals surface area contributed by atoms with Crippen LogP contribution in [-0.4, -0.2) is 69.1 Å². The third-order valence-electron chi connectivity index (χ3n) is 8.39. The number of rotatable bonds is 5. The molecule has 0 radical (unpaired) electrons. The van der Waals surface area contributed by atoms with E-state index in [1.807, 2.05) is 42.7 Å². The van der Waals surface area contributed by atoms with Gasteiger partial charge in [-0.25, -0.2) is 9.97 Å². The SMILES string of the molecule is CN1CCN(Cc2ccc(C(=O)Nc3ccc(-c4nc5ccc6[nH]ncc6c5c5c4CCCC5)cn3)cc2)CC1. The van der Waals surface area contributed by atoms with E-state index in [-0.39, 0.29) is 5.91 Å². The van der Waals surface area contributed by atoms with Crippen molar-refractivity contribution >= 4 is 33.5 Å². The van der Waals surface area contributed by atoms with Crippen LogP contribution in [0, 0.1) is 0 Å². The summed E-state index contributed by atoms with van der Waals surface area (Å²) in [6, 6.07) is 15.9. The van der Waals surface area contributed by atoms with Crippen molar-refractivity contribution in [2.75, 3.05) is 38.5 Å². The predicted molar refractivity (Wildman–Crippen MR) is 158 cm³/mol. The highest BCUT2D eigenvalue weighted by Gasteiger charge is 2.21. The summed E-state index contributed by atoms with van der Waals surface area (Å²) in [5, 5.41) is 12.7. The van der Waals surface area contributed by atoms with E-state index in [4.69, 9.17) is 4.98 Å². The Morgan fingerprint density at radius 3 is 2.50 bits per heavy atom. The van der Waals surface area contributed by atoms with Crippen LogP contribution in [0.25, 0.3) is 33.1 Å². The number of nitrogens with one attached hydrogen (secondary N) is 2. The average molecular weight is 532 g/mol. The Kier molecular flexibility index (Phi) is 6.49. The second-order valence-electron chi connectivity index (χ2n) is 11.1. The van der Waals surface area contributed by atoms with Crippen LogP contribution in [0.3, 0.4) is 0 Å². The molecule has 0 spiro atoms. The van der Waals surface area contributed by atoms with Gasteiger partial charge in [0.25, 0.3) is 5.91 Å². The first-order valence-electron chi connectivity index (χ1n) is 14.2. The first-order chi connectivity index (χ1) is 19.6. The van der Waals surface area contributed by atoms with Gasteiger partial charge >= 0.3 is 0 Å². The average Bonchev–Trinajstić information content (AvgIpc) is 3.48. The van der Waals surface area contributed by atoms with Crippen LogP contribution >= 0.6 is 0 Å². The molecule has 1 aliphatic carbocycles. The molecule has 2 N–H and O–H groups in total. The van der Waals surface area contributed by atoms with Gasteiger partial charge in [-0.15, -0.1) is 0 Å². The number of anilines is 1. The minimum Gasteiger partial charge on any atom is -0.307 e. The number of carbonyl (C=O) groups excluding carboxylic acids is 1. The molecule has 1 amide bonds. The van der Waals surface area contributed by atoms with E-state index in [1.165, 1.54) is 28.5 Å². The molecule has 0 atom stereocenters. The smallest absolute Gasteiger partial charge is 0.256 e. The zero-order chi connectivity index (χ0) is 27.1. The molecule has 1 saturated heterocycles. The van der Waals surface area contributed by atoms with Gasteiger partial charge in [-0.1, -0.05) is 12.1 Å². The van der Waals surface area contributed by atoms with Gasteiger partial charge in [0.05, 0.1) is 22.9 Å². The highest BCUT2D eigenvalue weighted by molar-refractivity contribution is 6.08. The van der Waals surface area contributed by atoms with E-state index in [1.54, 1.807) is 0 Å². The number of benzene rings is 2. The lowest BCUT2D eigenvalue weighted by molar-refractivity contribution is 0.102. The number of aryl methyl sites for hydroxylation is 1. The maximum Gasteiger partial charge on any atom is 0.256 e. The molecule has 2 aromatic carbocycles. The van der Waals surface area contributed by atoms with E-state index in [9.17, 15) is 4.79 Å². The second kappa shape index (κ2) is 10.4. The number of H-pyrrole nitrogens is 1. The molecule has 1 aliphatic heterocycles. The van der Waals surface area contributed by atoms with Crippen LogP contribution < -0.4 is 5.32 Å². The summed E-state index contributed by atoms with van der Waals surface area (Å²) in [6.07, 6.45) is 8.12. The van der Waals surface area contributed by atoms with Gasteiger partial charge in [-0.2, -0.15) is 5.10 Å². The quantitative estimate of drug-likeness (QED) is 0.330. The van der Waals surface area contributed by atoms with Gasteiger partial charge in [0.1, 0.15) is 5.82 Å². The summed E-state index contributed by atoms with van der Waals surface area (Å²) < 4.78 is 0. The van der Waals surface area contributed by atoms with Crippen molar-refractivity contribution in [2.24, 2.45) is 0 Å². The number of nitrogens with zero attached hydrogens (tertiary/aromatic N) is 5. The van der Waals surface area contributed by atoms with Gasteiger partial charge in [-0.05, 0) is 85.8 Å². The fourth-order valence-electron chi connectivity index (χ4n) is 6.11. The number of carbonyl (C=O) groups is 1. The Hall–Kier alpha value is -4.14. The van der Waals surface area contributed by atoms with Crippen LogP contribution in [0.4, 0.5) is 5.82 Å². The number of aromatic amines is 1. The number of likely N-dealkylation sites (N-methyl/N-ethyl adjacent to an activating group) is 1. The summed E-state index contributed by atoms with van der Waals surface area (Å²) in [4.78, 5) is 27.5. The molecule has 8 heteroatoms. The third kappa shape index (κ3) is 4.74. The molecule has 2 aliphatic rings. The summed E-state index contributed by atoms with van der Waals surface area (Å²) in [5.74, 6) is 0.377. The van der Waals surface area contributed by atoms with Crippen molar-refractivity contribution in [1.82, 2.24) is 30.0 Å². The zero-order valence-corrected chi connectivity index (χ0v) is 22.8. The third-order valence-corrected chi connectivity index (χ3v) is 8.39. The van der Waals surface area contributed by atoms with Gasteiger partial charge in [-0.3, -0.25) is 14.8 Å². The van der Waals surface area contributed by atoms with E-state index in [0.29, 0.717) is 11.4 Å². The number of aromatic nitrogens is 4. The fraction of sp³-hybridized carbons (Fsp3) is 0.312. The zero-order valence-electron chi connectivity index (χ0n) is 22.8. The van der Waals surface area contributed by atoms with E-state index in [2.05, 4.69) is 55.5 Å². The maximum absolute atomic E-state index is 12.9. The lowest BCUT2D eigenvalue weighted by Crippen LogP contribution is -2.43. The molecular formula is C32H33N7O.